The Kier molecular flexibility index (Phi) is 4.15. The van der Waals surface area contributed by atoms with Gasteiger partial charge in [0.2, 0.25) is 0 Å². The number of sulfonamides is 1. The molecule has 0 aromatic heterocycles. The van der Waals surface area contributed by atoms with E-state index in [2.05, 4.69) is 4.72 Å². The largest absolute Gasteiger partial charge is 0.507 e. The molecule has 3 N–H and O–H groups in total. The van der Waals surface area contributed by atoms with Crippen molar-refractivity contribution in [2.75, 3.05) is 4.72 Å². The number of aromatic hydroxyl groups is 1. The number of anilines is 1. The molecule has 0 bridgehead atoms. The van der Waals surface area contributed by atoms with Gasteiger partial charge in [-0.05, 0) is 41.8 Å². The third kappa shape index (κ3) is 3.58. The van der Waals surface area contributed by atoms with E-state index in [0.29, 0.717) is 5.39 Å². The summed E-state index contributed by atoms with van der Waals surface area (Å²) in [6, 6.07) is 14.1. The van der Waals surface area contributed by atoms with Crippen molar-refractivity contribution in [3.05, 3.63) is 60.7 Å². The van der Waals surface area contributed by atoms with Crippen LogP contribution < -0.4 is 4.72 Å². The smallest absolute Gasteiger partial charge is 0.294 e. The highest BCUT2D eigenvalue weighted by atomic mass is 32.2. The van der Waals surface area contributed by atoms with Gasteiger partial charge in [-0.15, -0.1) is 0 Å². The van der Waals surface area contributed by atoms with Crippen LogP contribution in [0.15, 0.2) is 70.5 Å². The summed E-state index contributed by atoms with van der Waals surface area (Å²) in [5.41, 5.74) is 0.184. The number of fused-ring (bicyclic) bond motifs is 1. The molecule has 0 saturated heterocycles. The molecule has 3 aromatic carbocycles. The monoisotopic (exact) mass is 379 g/mol. The van der Waals surface area contributed by atoms with E-state index in [9.17, 15) is 21.9 Å². The Balaban J connectivity index is 2.07. The van der Waals surface area contributed by atoms with Crippen LogP contribution in [0.2, 0.25) is 0 Å². The number of benzene rings is 3. The lowest BCUT2D eigenvalue weighted by Gasteiger charge is -2.10. The average molecular weight is 379 g/mol. The zero-order valence-corrected chi connectivity index (χ0v) is 14.3. The Morgan fingerprint density at radius 2 is 1.48 bits per heavy atom. The van der Waals surface area contributed by atoms with Gasteiger partial charge in [0, 0.05) is 17.1 Å². The molecular formula is C16H13NO6S2. The average Bonchev–Trinajstić information content (AvgIpc) is 2.54. The van der Waals surface area contributed by atoms with Crippen LogP contribution in [0, 0.1) is 0 Å². The normalized spacial score (nSPS) is 12.2. The van der Waals surface area contributed by atoms with Crippen LogP contribution in [0.1, 0.15) is 0 Å². The molecule has 0 aliphatic rings. The van der Waals surface area contributed by atoms with E-state index in [-0.39, 0.29) is 21.7 Å². The van der Waals surface area contributed by atoms with Crippen LogP contribution in [-0.4, -0.2) is 26.5 Å². The molecule has 25 heavy (non-hydrogen) atoms. The van der Waals surface area contributed by atoms with Gasteiger partial charge in [-0.25, -0.2) is 8.42 Å². The van der Waals surface area contributed by atoms with Crippen molar-refractivity contribution in [3.63, 3.8) is 0 Å². The van der Waals surface area contributed by atoms with E-state index in [1.807, 2.05) is 0 Å². The standard InChI is InChI=1S/C16H13NO6S2/c18-16-10-14(25(21,22)23)9-11-8-12(6-7-15(11)16)17-24(19,20)13-4-2-1-3-5-13/h1-10,17-18H,(H,21,22,23). The van der Waals surface area contributed by atoms with Gasteiger partial charge >= 0.3 is 0 Å². The summed E-state index contributed by atoms with van der Waals surface area (Å²) in [6.45, 7) is 0. The van der Waals surface area contributed by atoms with Crippen molar-refractivity contribution in [3.8, 4) is 5.75 Å². The minimum atomic E-state index is -4.51. The molecule has 0 radical (unpaired) electrons. The van der Waals surface area contributed by atoms with Crippen molar-refractivity contribution in [2.45, 2.75) is 9.79 Å². The minimum Gasteiger partial charge on any atom is -0.507 e. The summed E-state index contributed by atoms with van der Waals surface area (Å²) >= 11 is 0. The molecule has 0 aliphatic carbocycles. The van der Waals surface area contributed by atoms with Crippen molar-refractivity contribution in [2.24, 2.45) is 0 Å². The summed E-state index contributed by atoms with van der Waals surface area (Å²) in [5, 5.41) is 10.5. The Bertz CT molecular complexity index is 1160. The Hall–Kier alpha value is -2.62. The van der Waals surface area contributed by atoms with E-state index in [0.717, 1.165) is 12.1 Å². The number of hydrogen-bond donors (Lipinski definition) is 3. The predicted molar refractivity (Wildman–Crippen MR) is 92.7 cm³/mol. The lowest BCUT2D eigenvalue weighted by atomic mass is 10.1. The fourth-order valence-corrected chi connectivity index (χ4v) is 3.96. The highest BCUT2D eigenvalue weighted by Crippen LogP contribution is 2.31. The van der Waals surface area contributed by atoms with Crippen LogP contribution in [0.5, 0.6) is 5.75 Å². The van der Waals surface area contributed by atoms with Gasteiger partial charge in [0.1, 0.15) is 5.75 Å². The molecule has 0 fully saturated rings. The highest BCUT2D eigenvalue weighted by molar-refractivity contribution is 7.92. The topological polar surface area (TPSA) is 121 Å². The summed E-state index contributed by atoms with van der Waals surface area (Å²) in [4.78, 5) is -0.412. The second-order valence-corrected chi connectivity index (χ2v) is 8.38. The van der Waals surface area contributed by atoms with Gasteiger partial charge in [-0.3, -0.25) is 9.27 Å². The van der Waals surface area contributed by atoms with Crippen molar-refractivity contribution in [1.82, 2.24) is 0 Å². The van der Waals surface area contributed by atoms with E-state index in [1.165, 1.54) is 30.3 Å². The second-order valence-electron chi connectivity index (χ2n) is 5.27. The van der Waals surface area contributed by atoms with Gasteiger partial charge in [-0.2, -0.15) is 8.42 Å². The second kappa shape index (κ2) is 6.03. The van der Waals surface area contributed by atoms with Gasteiger partial charge < -0.3 is 5.11 Å². The predicted octanol–water partition coefficient (Wildman–Crippen LogP) is 2.59. The fraction of sp³-hybridized carbons (Fsp3) is 0. The minimum absolute atomic E-state index is 0.0737. The molecule has 3 aromatic rings. The zero-order chi connectivity index (χ0) is 18.2. The van der Waals surface area contributed by atoms with Crippen molar-refractivity contribution < 1.29 is 26.5 Å². The summed E-state index contributed by atoms with van der Waals surface area (Å²) in [5.74, 6) is -0.345. The van der Waals surface area contributed by atoms with Crippen LogP contribution >= 0.6 is 0 Å². The van der Waals surface area contributed by atoms with E-state index in [4.69, 9.17) is 4.55 Å². The number of phenolic OH excluding ortho intramolecular Hbond substituents is 1. The first-order valence-electron chi connectivity index (χ1n) is 6.99. The molecule has 0 heterocycles. The lowest BCUT2D eigenvalue weighted by Crippen LogP contribution is -2.12. The van der Waals surface area contributed by atoms with Gasteiger partial charge in [-0.1, -0.05) is 18.2 Å². The molecule has 0 saturated carbocycles. The molecule has 130 valence electrons. The quantitative estimate of drug-likeness (QED) is 0.599. The van der Waals surface area contributed by atoms with Crippen LogP contribution in [-0.2, 0) is 20.1 Å². The van der Waals surface area contributed by atoms with Gasteiger partial charge in [0.25, 0.3) is 20.1 Å². The first-order chi connectivity index (χ1) is 11.7. The fourth-order valence-electron chi connectivity index (χ4n) is 2.35. The maximum absolute atomic E-state index is 12.3. The molecule has 0 aliphatic heterocycles. The molecular weight excluding hydrogens is 366 g/mol. The molecule has 0 unspecified atom stereocenters. The molecule has 7 nitrogen and oxygen atoms in total. The Morgan fingerprint density at radius 1 is 0.800 bits per heavy atom. The molecule has 9 heteroatoms. The molecule has 3 rings (SSSR count). The molecule has 0 amide bonds. The first-order valence-corrected chi connectivity index (χ1v) is 9.91. The zero-order valence-electron chi connectivity index (χ0n) is 12.6. The first kappa shape index (κ1) is 17.2. The Morgan fingerprint density at radius 3 is 2.12 bits per heavy atom. The highest BCUT2D eigenvalue weighted by Gasteiger charge is 2.16. The number of rotatable bonds is 4. The summed E-state index contributed by atoms with van der Waals surface area (Å²) in [6.07, 6.45) is 0. The van der Waals surface area contributed by atoms with E-state index < -0.39 is 25.0 Å². The summed E-state index contributed by atoms with van der Waals surface area (Å²) in [7, 11) is -8.32. The summed E-state index contributed by atoms with van der Waals surface area (Å²) < 4.78 is 58.7. The van der Waals surface area contributed by atoms with Gasteiger partial charge in [0.05, 0.1) is 9.79 Å². The van der Waals surface area contributed by atoms with Crippen molar-refractivity contribution in [1.29, 1.82) is 0 Å². The molecule has 0 atom stereocenters. The van der Waals surface area contributed by atoms with E-state index >= 15 is 0 Å². The maximum atomic E-state index is 12.3. The number of phenols is 1. The van der Waals surface area contributed by atoms with Gasteiger partial charge in [0.15, 0.2) is 0 Å². The molecule has 0 spiro atoms. The third-order valence-corrected chi connectivity index (χ3v) is 5.74. The van der Waals surface area contributed by atoms with E-state index in [1.54, 1.807) is 18.2 Å². The number of hydrogen-bond acceptors (Lipinski definition) is 5. The lowest BCUT2D eigenvalue weighted by molar-refractivity contribution is 0.471. The SMILES string of the molecule is O=S(=O)(O)c1cc(O)c2ccc(NS(=O)(=O)c3ccccc3)cc2c1. The third-order valence-electron chi connectivity index (χ3n) is 3.51. The van der Waals surface area contributed by atoms with Crippen molar-refractivity contribution >= 4 is 36.6 Å². The van der Waals surface area contributed by atoms with Crippen LogP contribution in [0.3, 0.4) is 0 Å². The maximum Gasteiger partial charge on any atom is 0.294 e. The Labute approximate surface area is 144 Å². The van der Waals surface area contributed by atoms with Crippen LogP contribution in [0.4, 0.5) is 5.69 Å². The number of nitrogens with one attached hydrogen (secondary N) is 1. The van der Waals surface area contributed by atoms with Crippen LogP contribution in [0.25, 0.3) is 10.8 Å².